The Morgan fingerprint density at radius 2 is 2.07 bits per heavy atom. The van der Waals surface area contributed by atoms with E-state index in [4.69, 9.17) is 9.47 Å². The minimum absolute atomic E-state index is 0.202. The molecule has 2 heterocycles. The Bertz CT molecular complexity index is 959. The summed E-state index contributed by atoms with van der Waals surface area (Å²) in [5, 5.41) is 0.903. The predicted molar refractivity (Wildman–Crippen MR) is 107 cm³/mol. The summed E-state index contributed by atoms with van der Waals surface area (Å²) in [6.45, 7) is 3.48. The SMILES string of the molecule is CCn1c(-c2ccc(Br)cc2)cnc1SCc1cc(F)cc2c1OCOC2. The lowest BCUT2D eigenvalue weighted by atomic mass is 10.1. The van der Waals surface area contributed by atoms with Gasteiger partial charge in [-0.05, 0) is 36.8 Å². The number of thioether (sulfide) groups is 1. The van der Waals surface area contributed by atoms with Crippen LogP contribution in [-0.4, -0.2) is 16.3 Å². The third-order valence-corrected chi connectivity index (χ3v) is 5.95. The molecule has 0 fully saturated rings. The zero-order chi connectivity index (χ0) is 18.8. The van der Waals surface area contributed by atoms with E-state index in [2.05, 4.69) is 44.5 Å². The van der Waals surface area contributed by atoms with Crippen LogP contribution in [0.5, 0.6) is 5.75 Å². The number of hydrogen-bond donors (Lipinski definition) is 0. The van der Waals surface area contributed by atoms with E-state index in [1.54, 1.807) is 11.8 Å². The maximum absolute atomic E-state index is 13.9. The van der Waals surface area contributed by atoms with Crippen molar-refractivity contribution in [1.29, 1.82) is 0 Å². The van der Waals surface area contributed by atoms with Gasteiger partial charge in [-0.15, -0.1) is 0 Å². The lowest BCUT2D eigenvalue weighted by molar-refractivity contribution is -0.0171. The molecule has 0 spiro atoms. The zero-order valence-electron chi connectivity index (χ0n) is 14.7. The van der Waals surface area contributed by atoms with Gasteiger partial charge in [0, 0.05) is 27.9 Å². The van der Waals surface area contributed by atoms with Gasteiger partial charge in [0.25, 0.3) is 0 Å². The molecule has 1 aromatic heterocycles. The van der Waals surface area contributed by atoms with Crippen molar-refractivity contribution >= 4 is 27.7 Å². The molecule has 0 saturated heterocycles. The Morgan fingerprint density at radius 1 is 1.26 bits per heavy atom. The molecule has 4 rings (SSSR count). The highest BCUT2D eigenvalue weighted by Gasteiger charge is 2.18. The minimum atomic E-state index is -0.271. The Balaban J connectivity index is 1.59. The molecular weight excluding hydrogens is 431 g/mol. The van der Waals surface area contributed by atoms with Crippen LogP contribution in [0.3, 0.4) is 0 Å². The third kappa shape index (κ3) is 3.90. The fourth-order valence-electron chi connectivity index (χ4n) is 3.14. The fraction of sp³-hybridized carbons (Fsp3) is 0.250. The molecule has 7 heteroatoms. The van der Waals surface area contributed by atoms with E-state index in [0.717, 1.165) is 44.3 Å². The van der Waals surface area contributed by atoms with Crippen LogP contribution in [0.25, 0.3) is 11.3 Å². The molecule has 27 heavy (non-hydrogen) atoms. The van der Waals surface area contributed by atoms with Gasteiger partial charge in [0.15, 0.2) is 11.9 Å². The van der Waals surface area contributed by atoms with E-state index >= 15 is 0 Å². The van der Waals surface area contributed by atoms with Crippen LogP contribution >= 0.6 is 27.7 Å². The highest BCUT2D eigenvalue weighted by atomic mass is 79.9. The van der Waals surface area contributed by atoms with Crippen LogP contribution < -0.4 is 4.74 Å². The van der Waals surface area contributed by atoms with Gasteiger partial charge in [-0.3, -0.25) is 0 Å². The van der Waals surface area contributed by atoms with E-state index in [1.165, 1.54) is 12.1 Å². The van der Waals surface area contributed by atoms with E-state index < -0.39 is 0 Å². The molecule has 0 radical (unpaired) electrons. The Morgan fingerprint density at radius 3 is 2.85 bits per heavy atom. The van der Waals surface area contributed by atoms with E-state index in [9.17, 15) is 4.39 Å². The number of rotatable bonds is 5. The molecule has 0 N–H and O–H groups in total. The van der Waals surface area contributed by atoms with Crippen molar-refractivity contribution in [2.75, 3.05) is 6.79 Å². The van der Waals surface area contributed by atoms with Crippen molar-refractivity contribution in [1.82, 2.24) is 9.55 Å². The van der Waals surface area contributed by atoms with Gasteiger partial charge < -0.3 is 14.0 Å². The fourth-order valence-corrected chi connectivity index (χ4v) is 4.41. The molecule has 0 bridgehead atoms. The molecule has 0 aliphatic carbocycles. The quantitative estimate of drug-likeness (QED) is 0.473. The maximum Gasteiger partial charge on any atom is 0.189 e. The van der Waals surface area contributed by atoms with E-state index in [0.29, 0.717) is 12.4 Å². The van der Waals surface area contributed by atoms with Gasteiger partial charge in [-0.25, -0.2) is 9.37 Å². The molecule has 0 amide bonds. The van der Waals surface area contributed by atoms with Crippen LogP contribution in [0, 0.1) is 5.82 Å². The number of aromatic nitrogens is 2. The van der Waals surface area contributed by atoms with Crippen molar-refractivity contribution < 1.29 is 13.9 Å². The summed E-state index contributed by atoms with van der Waals surface area (Å²) in [6.07, 6.45) is 1.89. The lowest BCUT2D eigenvalue weighted by Crippen LogP contribution is -2.13. The second-order valence-electron chi connectivity index (χ2n) is 6.13. The highest BCUT2D eigenvalue weighted by molar-refractivity contribution is 9.10. The normalized spacial score (nSPS) is 13.3. The number of nitrogens with zero attached hydrogens (tertiary/aromatic N) is 2. The largest absolute Gasteiger partial charge is 0.467 e. The van der Waals surface area contributed by atoms with Gasteiger partial charge in [0.2, 0.25) is 0 Å². The molecule has 140 valence electrons. The first-order valence-electron chi connectivity index (χ1n) is 8.62. The van der Waals surface area contributed by atoms with Crippen LogP contribution in [0.2, 0.25) is 0 Å². The van der Waals surface area contributed by atoms with Gasteiger partial charge in [-0.1, -0.05) is 39.8 Å². The maximum atomic E-state index is 13.9. The molecule has 2 aromatic carbocycles. The third-order valence-electron chi connectivity index (χ3n) is 4.38. The molecule has 0 atom stereocenters. The van der Waals surface area contributed by atoms with Crippen LogP contribution in [-0.2, 0) is 23.6 Å². The molecule has 1 aliphatic heterocycles. The van der Waals surface area contributed by atoms with E-state index in [-0.39, 0.29) is 12.6 Å². The Labute approximate surface area is 169 Å². The van der Waals surface area contributed by atoms with Crippen LogP contribution in [0.15, 0.2) is 52.2 Å². The zero-order valence-corrected chi connectivity index (χ0v) is 17.1. The number of halogens is 2. The summed E-state index contributed by atoms with van der Waals surface area (Å²) >= 11 is 5.05. The first kappa shape index (κ1) is 18.5. The molecule has 1 aliphatic rings. The predicted octanol–water partition coefficient (Wildman–Crippen LogP) is 5.63. The smallest absolute Gasteiger partial charge is 0.189 e. The average Bonchev–Trinajstić information content (AvgIpc) is 3.09. The minimum Gasteiger partial charge on any atom is -0.467 e. The number of imidazole rings is 1. The van der Waals surface area contributed by atoms with Gasteiger partial charge >= 0.3 is 0 Å². The first-order chi connectivity index (χ1) is 13.2. The van der Waals surface area contributed by atoms with Crippen molar-refractivity contribution in [3.63, 3.8) is 0 Å². The summed E-state index contributed by atoms with van der Waals surface area (Å²) in [7, 11) is 0. The van der Waals surface area contributed by atoms with E-state index in [1.807, 2.05) is 18.3 Å². The molecule has 3 aromatic rings. The second-order valence-corrected chi connectivity index (χ2v) is 7.99. The van der Waals surface area contributed by atoms with Crippen LogP contribution in [0.1, 0.15) is 18.1 Å². The standard InChI is InChI=1S/C20H18BrFN2O2S/c1-2-24-18(13-3-5-16(21)6-4-13)9-23-20(24)27-11-15-8-17(22)7-14-10-25-12-26-19(14)15/h3-9H,2,10-12H2,1H3. The molecule has 0 unspecified atom stereocenters. The molecule has 0 saturated carbocycles. The monoisotopic (exact) mass is 448 g/mol. The Hall–Kier alpha value is -1.83. The van der Waals surface area contributed by atoms with Crippen molar-refractivity contribution in [2.45, 2.75) is 31.0 Å². The topological polar surface area (TPSA) is 36.3 Å². The van der Waals surface area contributed by atoms with Gasteiger partial charge in [0.05, 0.1) is 18.5 Å². The van der Waals surface area contributed by atoms with Crippen LogP contribution in [0.4, 0.5) is 4.39 Å². The second kappa shape index (κ2) is 8.04. The first-order valence-corrected chi connectivity index (χ1v) is 10.4. The van der Waals surface area contributed by atoms with Gasteiger partial charge in [0.1, 0.15) is 11.6 Å². The average molecular weight is 449 g/mol. The molecular formula is C20H18BrFN2O2S. The molecule has 4 nitrogen and oxygen atoms in total. The van der Waals surface area contributed by atoms with Crippen molar-refractivity contribution in [2.24, 2.45) is 0 Å². The summed E-state index contributed by atoms with van der Waals surface area (Å²) in [4.78, 5) is 4.59. The summed E-state index contributed by atoms with van der Waals surface area (Å²) in [5.74, 6) is 1.04. The van der Waals surface area contributed by atoms with Crippen molar-refractivity contribution in [3.8, 4) is 17.0 Å². The summed E-state index contributed by atoms with van der Waals surface area (Å²) < 4.78 is 28.0. The van der Waals surface area contributed by atoms with Crippen molar-refractivity contribution in [3.05, 3.63) is 64.0 Å². The number of hydrogen-bond acceptors (Lipinski definition) is 4. The highest BCUT2D eigenvalue weighted by Crippen LogP contribution is 2.35. The number of benzene rings is 2. The number of ether oxygens (including phenoxy) is 2. The van der Waals surface area contributed by atoms with Gasteiger partial charge in [-0.2, -0.15) is 0 Å². The number of fused-ring (bicyclic) bond motifs is 1. The Kier molecular flexibility index (Phi) is 5.52. The summed E-state index contributed by atoms with van der Waals surface area (Å²) in [6, 6.07) is 11.2. The lowest BCUT2D eigenvalue weighted by Gasteiger charge is -2.20. The summed E-state index contributed by atoms with van der Waals surface area (Å²) in [5.41, 5.74) is 3.77.